The van der Waals surface area contributed by atoms with Gasteiger partial charge >= 0.3 is 0 Å². The number of rotatable bonds is 7. The standard InChI is InChI=1S/C14H25NO2S/c1-10(13-8-11-3-4-12(13)7-11)15-14(17)9-18-6-2-5-16/h10-13,16H,2-9H2,1H3,(H,15,17). The third-order valence-electron chi connectivity index (χ3n) is 4.50. The average Bonchev–Trinajstić information content (AvgIpc) is 2.96. The minimum Gasteiger partial charge on any atom is -0.396 e. The molecule has 0 aromatic heterocycles. The summed E-state index contributed by atoms with van der Waals surface area (Å²) >= 11 is 1.61. The molecule has 0 aromatic carbocycles. The summed E-state index contributed by atoms with van der Waals surface area (Å²) in [5, 5.41) is 11.8. The molecule has 3 nitrogen and oxygen atoms in total. The molecule has 0 aliphatic heterocycles. The SMILES string of the molecule is CC(NC(=O)CSCCCO)C1CC2CCC1C2. The van der Waals surface area contributed by atoms with Crippen LogP contribution in [0.4, 0.5) is 0 Å². The van der Waals surface area contributed by atoms with Crippen LogP contribution in [0.2, 0.25) is 0 Å². The van der Waals surface area contributed by atoms with Gasteiger partial charge in [0.2, 0.25) is 5.91 Å². The lowest BCUT2D eigenvalue weighted by Gasteiger charge is -2.28. The van der Waals surface area contributed by atoms with Crippen molar-refractivity contribution < 1.29 is 9.90 Å². The van der Waals surface area contributed by atoms with Crippen molar-refractivity contribution in [3.05, 3.63) is 0 Å². The molecule has 2 saturated carbocycles. The zero-order valence-corrected chi connectivity index (χ0v) is 12.0. The molecule has 18 heavy (non-hydrogen) atoms. The highest BCUT2D eigenvalue weighted by atomic mass is 32.2. The summed E-state index contributed by atoms with van der Waals surface area (Å²) in [7, 11) is 0. The molecule has 2 bridgehead atoms. The van der Waals surface area contributed by atoms with Gasteiger partial charge in [0.25, 0.3) is 0 Å². The molecule has 1 amide bonds. The molecule has 0 saturated heterocycles. The monoisotopic (exact) mass is 271 g/mol. The van der Waals surface area contributed by atoms with E-state index in [4.69, 9.17) is 5.11 Å². The molecule has 2 rings (SSSR count). The number of hydrogen-bond acceptors (Lipinski definition) is 3. The van der Waals surface area contributed by atoms with Gasteiger partial charge in [0.05, 0.1) is 5.75 Å². The van der Waals surface area contributed by atoms with Crippen molar-refractivity contribution in [3.63, 3.8) is 0 Å². The van der Waals surface area contributed by atoms with E-state index in [9.17, 15) is 4.79 Å². The summed E-state index contributed by atoms with van der Waals surface area (Å²) in [4.78, 5) is 11.8. The van der Waals surface area contributed by atoms with Gasteiger partial charge in [-0.05, 0) is 56.1 Å². The highest BCUT2D eigenvalue weighted by Gasteiger charge is 2.41. The normalized spacial score (nSPS) is 31.6. The molecule has 2 fully saturated rings. The molecule has 2 aliphatic rings. The molecule has 0 heterocycles. The van der Waals surface area contributed by atoms with Crippen molar-refractivity contribution in [1.82, 2.24) is 5.32 Å². The van der Waals surface area contributed by atoms with Gasteiger partial charge in [0.1, 0.15) is 0 Å². The second-order valence-electron chi connectivity index (χ2n) is 5.82. The van der Waals surface area contributed by atoms with Crippen LogP contribution in [0, 0.1) is 17.8 Å². The van der Waals surface area contributed by atoms with Crippen LogP contribution < -0.4 is 5.32 Å². The minimum absolute atomic E-state index is 0.160. The quantitative estimate of drug-likeness (QED) is 0.697. The van der Waals surface area contributed by atoms with Crippen molar-refractivity contribution in [3.8, 4) is 0 Å². The largest absolute Gasteiger partial charge is 0.396 e. The van der Waals surface area contributed by atoms with E-state index in [0.29, 0.717) is 11.8 Å². The number of aliphatic hydroxyl groups excluding tert-OH is 1. The van der Waals surface area contributed by atoms with Crippen LogP contribution in [0.3, 0.4) is 0 Å². The van der Waals surface area contributed by atoms with E-state index in [2.05, 4.69) is 12.2 Å². The number of amides is 1. The minimum atomic E-state index is 0.160. The van der Waals surface area contributed by atoms with E-state index in [1.54, 1.807) is 11.8 Å². The molecule has 4 heteroatoms. The van der Waals surface area contributed by atoms with E-state index >= 15 is 0 Å². The van der Waals surface area contributed by atoms with Crippen LogP contribution in [-0.2, 0) is 4.79 Å². The van der Waals surface area contributed by atoms with E-state index in [1.807, 2.05) is 0 Å². The van der Waals surface area contributed by atoms with Gasteiger partial charge in [0, 0.05) is 12.6 Å². The molecular weight excluding hydrogens is 246 g/mol. The van der Waals surface area contributed by atoms with E-state index in [0.717, 1.165) is 29.9 Å². The van der Waals surface area contributed by atoms with Gasteiger partial charge in [-0.25, -0.2) is 0 Å². The van der Waals surface area contributed by atoms with Crippen LogP contribution in [0.1, 0.15) is 39.0 Å². The Morgan fingerprint density at radius 1 is 1.44 bits per heavy atom. The molecule has 0 spiro atoms. The van der Waals surface area contributed by atoms with E-state index in [1.165, 1.54) is 25.7 Å². The van der Waals surface area contributed by atoms with Crippen LogP contribution in [0.5, 0.6) is 0 Å². The lowest BCUT2D eigenvalue weighted by Crippen LogP contribution is -2.41. The molecule has 4 atom stereocenters. The number of carbonyl (C=O) groups is 1. The number of fused-ring (bicyclic) bond motifs is 2. The number of thioether (sulfide) groups is 1. The van der Waals surface area contributed by atoms with E-state index in [-0.39, 0.29) is 12.5 Å². The molecule has 2 N–H and O–H groups in total. The summed E-state index contributed by atoms with van der Waals surface area (Å²) in [5.74, 6) is 4.09. The Balaban J connectivity index is 1.64. The van der Waals surface area contributed by atoms with Crippen molar-refractivity contribution in [1.29, 1.82) is 0 Å². The molecule has 0 aromatic rings. The summed E-state index contributed by atoms with van der Waals surface area (Å²) in [6.45, 7) is 2.39. The highest BCUT2D eigenvalue weighted by Crippen LogP contribution is 2.49. The first kappa shape index (κ1) is 14.2. The topological polar surface area (TPSA) is 49.3 Å². The Hall–Kier alpha value is -0.220. The Morgan fingerprint density at radius 2 is 2.28 bits per heavy atom. The Bertz CT molecular complexity index is 285. The molecule has 0 radical (unpaired) electrons. The lowest BCUT2D eigenvalue weighted by atomic mass is 9.84. The van der Waals surface area contributed by atoms with Crippen LogP contribution in [0.15, 0.2) is 0 Å². The van der Waals surface area contributed by atoms with Gasteiger partial charge in [-0.2, -0.15) is 11.8 Å². The van der Waals surface area contributed by atoms with Gasteiger partial charge in [-0.1, -0.05) is 6.42 Å². The number of hydrogen-bond donors (Lipinski definition) is 2. The Morgan fingerprint density at radius 3 is 2.89 bits per heavy atom. The second kappa shape index (κ2) is 6.80. The number of aliphatic hydroxyl groups is 1. The predicted molar refractivity (Wildman–Crippen MR) is 75.6 cm³/mol. The number of nitrogens with one attached hydrogen (secondary N) is 1. The molecular formula is C14H25NO2S. The van der Waals surface area contributed by atoms with Gasteiger partial charge < -0.3 is 10.4 Å². The lowest BCUT2D eigenvalue weighted by molar-refractivity contribution is -0.119. The first-order valence-corrected chi connectivity index (χ1v) is 8.34. The summed E-state index contributed by atoms with van der Waals surface area (Å²) < 4.78 is 0. The van der Waals surface area contributed by atoms with Crippen molar-refractivity contribution in [2.45, 2.75) is 45.1 Å². The van der Waals surface area contributed by atoms with Crippen LogP contribution in [-0.4, -0.2) is 35.2 Å². The highest BCUT2D eigenvalue weighted by molar-refractivity contribution is 7.99. The third-order valence-corrected chi connectivity index (χ3v) is 5.55. The van der Waals surface area contributed by atoms with Gasteiger partial charge in [-0.15, -0.1) is 0 Å². The van der Waals surface area contributed by atoms with Gasteiger partial charge in [0.15, 0.2) is 0 Å². The van der Waals surface area contributed by atoms with E-state index < -0.39 is 0 Å². The summed E-state index contributed by atoms with van der Waals surface area (Å²) in [6, 6.07) is 0.339. The molecule has 2 aliphatic carbocycles. The summed E-state index contributed by atoms with van der Waals surface area (Å²) in [5.41, 5.74) is 0. The van der Waals surface area contributed by atoms with Crippen molar-refractivity contribution in [2.24, 2.45) is 17.8 Å². The van der Waals surface area contributed by atoms with Crippen LogP contribution >= 0.6 is 11.8 Å². The first-order valence-electron chi connectivity index (χ1n) is 7.18. The average molecular weight is 271 g/mol. The smallest absolute Gasteiger partial charge is 0.230 e. The maximum atomic E-state index is 11.8. The fraction of sp³-hybridized carbons (Fsp3) is 0.929. The predicted octanol–water partition coefficient (Wildman–Crippen LogP) is 2.04. The third kappa shape index (κ3) is 3.64. The zero-order valence-electron chi connectivity index (χ0n) is 11.2. The fourth-order valence-electron chi connectivity index (χ4n) is 3.64. The maximum absolute atomic E-state index is 11.8. The van der Waals surface area contributed by atoms with Crippen molar-refractivity contribution >= 4 is 17.7 Å². The number of carbonyl (C=O) groups excluding carboxylic acids is 1. The zero-order chi connectivity index (χ0) is 13.0. The first-order chi connectivity index (χ1) is 8.70. The van der Waals surface area contributed by atoms with Crippen LogP contribution in [0.25, 0.3) is 0 Å². The maximum Gasteiger partial charge on any atom is 0.230 e. The second-order valence-corrected chi connectivity index (χ2v) is 6.93. The Kier molecular flexibility index (Phi) is 5.37. The molecule has 104 valence electrons. The summed E-state index contributed by atoms with van der Waals surface area (Å²) in [6.07, 6.45) is 6.29. The van der Waals surface area contributed by atoms with Crippen molar-refractivity contribution in [2.75, 3.05) is 18.1 Å². The van der Waals surface area contributed by atoms with Gasteiger partial charge in [-0.3, -0.25) is 4.79 Å². The Labute approximate surface area is 114 Å². The fourth-order valence-corrected chi connectivity index (χ4v) is 4.39. The molecule has 4 unspecified atom stereocenters.